The Bertz CT molecular complexity index is 1820. The minimum Gasteiger partial charge on any atom is -0.496 e. The van der Waals surface area contributed by atoms with Gasteiger partial charge in [0.1, 0.15) is 11.5 Å². The molecule has 6 aromatic carbocycles. The first-order valence-corrected chi connectivity index (χ1v) is 15.4. The van der Waals surface area contributed by atoms with Gasteiger partial charge in [0.15, 0.2) is 0 Å². The van der Waals surface area contributed by atoms with Crippen LogP contribution in [0.25, 0.3) is 54.9 Å². The van der Waals surface area contributed by atoms with Crippen molar-refractivity contribution in [1.29, 1.82) is 0 Å². The summed E-state index contributed by atoms with van der Waals surface area (Å²) in [6.45, 7) is 13.5. The van der Waals surface area contributed by atoms with Crippen LogP contribution in [0.2, 0.25) is 0 Å². The third-order valence-corrected chi connectivity index (χ3v) is 8.82. The number of methoxy groups -OCH3 is 2. The number of hydrogen-bond donors (Lipinski definition) is 0. The SMILES string of the molecule is COc1ccc2cc(-c3ccc(C(C)(C)C)cc3)ccc2c1-c1c(OC)ccc2cc(-c3ccc(C(C)(C)C)cc3)ccc12. The second kappa shape index (κ2) is 11.2. The molecule has 0 atom stereocenters. The fraction of sp³-hybridized carbons (Fsp3) is 0.238. The zero-order valence-electron chi connectivity index (χ0n) is 27.2. The van der Waals surface area contributed by atoms with Gasteiger partial charge in [-0.15, -0.1) is 0 Å². The van der Waals surface area contributed by atoms with Gasteiger partial charge in [-0.1, -0.05) is 126 Å². The first-order valence-electron chi connectivity index (χ1n) is 15.4. The highest BCUT2D eigenvalue weighted by Crippen LogP contribution is 2.46. The largest absolute Gasteiger partial charge is 0.496 e. The van der Waals surface area contributed by atoms with Gasteiger partial charge in [-0.2, -0.15) is 0 Å². The predicted molar refractivity (Wildman–Crippen MR) is 188 cm³/mol. The molecule has 0 aliphatic heterocycles. The van der Waals surface area contributed by atoms with Gasteiger partial charge in [0.05, 0.1) is 14.2 Å². The van der Waals surface area contributed by atoms with Crippen LogP contribution in [0, 0.1) is 0 Å². The Morgan fingerprint density at radius 3 is 1.05 bits per heavy atom. The fourth-order valence-corrected chi connectivity index (χ4v) is 6.16. The quantitative estimate of drug-likeness (QED) is 0.203. The molecule has 44 heavy (non-hydrogen) atoms. The van der Waals surface area contributed by atoms with Crippen molar-refractivity contribution in [2.24, 2.45) is 0 Å². The lowest BCUT2D eigenvalue weighted by atomic mass is 9.85. The average Bonchev–Trinajstić information content (AvgIpc) is 3.02. The van der Waals surface area contributed by atoms with Gasteiger partial charge in [0, 0.05) is 11.1 Å². The summed E-state index contributed by atoms with van der Waals surface area (Å²) in [5.74, 6) is 1.65. The smallest absolute Gasteiger partial charge is 0.127 e. The first-order chi connectivity index (χ1) is 21.0. The molecule has 0 unspecified atom stereocenters. The van der Waals surface area contributed by atoms with Crippen LogP contribution in [0.5, 0.6) is 11.5 Å². The van der Waals surface area contributed by atoms with Crippen LogP contribution >= 0.6 is 0 Å². The van der Waals surface area contributed by atoms with Gasteiger partial charge in [0.2, 0.25) is 0 Å². The molecule has 0 aliphatic carbocycles. The molecule has 0 spiro atoms. The average molecular weight is 579 g/mol. The Hall–Kier alpha value is -4.56. The van der Waals surface area contributed by atoms with E-state index in [2.05, 4.69) is 151 Å². The summed E-state index contributed by atoms with van der Waals surface area (Å²) in [6, 6.07) is 39.8. The van der Waals surface area contributed by atoms with Crippen LogP contribution in [-0.2, 0) is 10.8 Å². The van der Waals surface area contributed by atoms with E-state index in [1.165, 1.54) is 33.4 Å². The molecule has 0 aromatic heterocycles. The van der Waals surface area contributed by atoms with E-state index in [-0.39, 0.29) is 10.8 Å². The topological polar surface area (TPSA) is 18.5 Å². The summed E-state index contributed by atoms with van der Waals surface area (Å²) >= 11 is 0. The molecule has 0 heterocycles. The van der Waals surface area contributed by atoms with Gasteiger partial charge < -0.3 is 9.47 Å². The third-order valence-electron chi connectivity index (χ3n) is 8.82. The molecular weight excluding hydrogens is 536 g/mol. The van der Waals surface area contributed by atoms with Crippen molar-refractivity contribution >= 4 is 21.5 Å². The Balaban J connectivity index is 1.49. The van der Waals surface area contributed by atoms with Crippen molar-refractivity contribution in [2.45, 2.75) is 52.4 Å². The number of benzene rings is 6. The molecule has 0 fully saturated rings. The molecule has 0 bridgehead atoms. The van der Waals surface area contributed by atoms with Crippen molar-refractivity contribution in [3.63, 3.8) is 0 Å². The third kappa shape index (κ3) is 5.46. The molecule has 0 aliphatic rings. The van der Waals surface area contributed by atoms with Crippen LogP contribution in [-0.4, -0.2) is 14.2 Å². The Morgan fingerprint density at radius 1 is 0.386 bits per heavy atom. The minimum absolute atomic E-state index is 0.128. The first kappa shape index (κ1) is 29.5. The highest BCUT2D eigenvalue weighted by atomic mass is 16.5. The van der Waals surface area contributed by atoms with E-state index < -0.39 is 0 Å². The minimum atomic E-state index is 0.128. The van der Waals surface area contributed by atoms with Gasteiger partial charge in [-0.05, 0) is 90.0 Å². The summed E-state index contributed by atoms with van der Waals surface area (Å²) in [5, 5.41) is 4.58. The van der Waals surface area contributed by atoms with E-state index in [0.717, 1.165) is 44.2 Å². The van der Waals surface area contributed by atoms with Gasteiger partial charge >= 0.3 is 0 Å². The molecule has 0 amide bonds. The molecule has 6 aromatic rings. The summed E-state index contributed by atoms with van der Waals surface area (Å²) < 4.78 is 12.0. The maximum atomic E-state index is 5.99. The van der Waals surface area contributed by atoms with Crippen molar-refractivity contribution in [3.8, 4) is 44.9 Å². The molecule has 0 saturated heterocycles. The molecule has 2 nitrogen and oxygen atoms in total. The lowest BCUT2D eigenvalue weighted by Gasteiger charge is -2.20. The molecule has 2 heteroatoms. The normalized spacial score (nSPS) is 12.1. The summed E-state index contributed by atoms with van der Waals surface area (Å²) in [5.41, 5.74) is 9.83. The maximum Gasteiger partial charge on any atom is 0.127 e. The lowest BCUT2D eigenvalue weighted by Crippen LogP contribution is -2.10. The van der Waals surface area contributed by atoms with E-state index in [9.17, 15) is 0 Å². The highest BCUT2D eigenvalue weighted by Gasteiger charge is 2.20. The fourth-order valence-electron chi connectivity index (χ4n) is 6.16. The molecule has 0 N–H and O–H groups in total. The number of ether oxygens (including phenoxy) is 2. The van der Waals surface area contributed by atoms with Crippen LogP contribution in [0.15, 0.2) is 109 Å². The van der Waals surface area contributed by atoms with Gasteiger partial charge in [-0.25, -0.2) is 0 Å². The molecular formula is C42H42O2. The van der Waals surface area contributed by atoms with E-state index in [1.54, 1.807) is 14.2 Å². The van der Waals surface area contributed by atoms with Crippen LogP contribution in [0.1, 0.15) is 52.7 Å². The summed E-state index contributed by atoms with van der Waals surface area (Å²) in [4.78, 5) is 0. The highest BCUT2D eigenvalue weighted by molar-refractivity contribution is 6.11. The van der Waals surface area contributed by atoms with Crippen molar-refractivity contribution in [3.05, 3.63) is 120 Å². The zero-order valence-corrected chi connectivity index (χ0v) is 27.2. The van der Waals surface area contributed by atoms with E-state index in [1.807, 2.05) is 0 Å². The number of rotatable bonds is 5. The molecule has 0 radical (unpaired) electrons. The Labute approximate surface area is 262 Å². The zero-order chi connectivity index (χ0) is 31.2. The van der Waals surface area contributed by atoms with E-state index in [4.69, 9.17) is 9.47 Å². The molecule has 6 rings (SSSR count). The van der Waals surface area contributed by atoms with E-state index >= 15 is 0 Å². The monoisotopic (exact) mass is 578 g/mol. The number of hydrogen-bond acceptors (Lipinski definition) is 2. The van der Waals surface area contributed by atoms with Crippen molar-refractivity contribution in [2.75, 3.05) is 14.2 Å². The number of fused-ring (bicyclic) bond motifs is 2. The van der Waals surface area contributed by atoms with Crippen molar-refractivity contribution < 1.29 is 9.47 Å². The second-order valence-corrected chi connectivity index (χ2v) is 13.8. The maximum absolute atomic E-state index is 5.99. The summed E-state index contributed by atoms with van der Waals surface area (Å²) in [7, 11) is 3.49. The Kier molecular flexibility index (Phi) is 7.49. The summed E-state index contributed by atoms with van der Waals surface area (Å²) in [6.07, 6.45) is 0. The van der Waals surface area contributed by atoms with Crippen molar-refractivity contribution in [1.82, 2.24) is 0 Å². The van der Waals surface area contributed by atoms with Gasteiger partial charge in [0.25, 0.3) is 0 Å². The lowest BCUT2D eigenvalue weighted by molar-refractivity contribution is 0.411. The van der Waals surface area contributed by atoms with Crippen LogP contribution < -0.4 is 9.47 Å². The van der Waals surface area contributed by atoms with E-state index in [0.29, 0.717) is 0 Å². The standard InChI is InChI=1S/C42H42O2/c1-41(2,3)33-17-9-27(10-18-33)29-13-21-35-31(25-29)15-23-37(43-7)39(35)40-36-22-14-30(26-32(36)16-24-38(40)44-8)28-11-19-34(20-12-28)42(4,5)6/h9-26H,1-8H3. The van der Waals surface area contributed by atoms with Gasteiger partial charge in [-0.3, -0.25) is 0 Å². The Morgan fingerprint density at radius 2 is 0.727 bits per heavy atom. The molecule has 222 valence electrons. The predicted octanol–water partition coefficient (Wildman–Crippen LogP) is 11.6. The van der Waals surface area contributed by atoms with Crippen LogP contribution in [0.4, 0.5) is 0 Å². The van der Waals surface area contributed by atoms with Crippen LogP contribution in [0.3, 0.4) is 0 Å². The molecule has 0 saturated carbocycles. The second-order valence-electron chi connectivity index (χ2n) is 13.8.